The van der Waals surface area contributed by atoms with E-state index in [0.29, 0.717) is 22.4 Å². The summed E-state index contributed by atoms with van der Waals surface area (Å²) >= 11 is 1.78. The SMILES string of the molecule is CSC(C)CNc1cc2c(cc1N)OCC(=O)N2. The van der Waals surface area contributed by atoms with Crippen LogP contribution in [-0.4, -0.2) is 30.6 Å². The van der Waals surface area contributed by atoms with Gasteiger partial charge in [0, 0.05) is 17.9 Å². The number of nitrogens with two attached hydrogens (primary N) is 1. The predicted molar refractivity (Wildman–Crippen MR) is 76.4 cm³/mol. The Labute approximate surface area is 110 Å². The maximum absolute atomic E-state index is 11.2. The predicted octanol–water partition coefficient (Wildman–Crippen LogP) is 1.76. The zero-order valence-corrected chi connectivity index (χ0v) is 11.3. The summed E-state index contributed by atoms with van der Waals surface area (Å²) in [5.41, 5.74) is 8.05. The van der Waals surface area contributed by atoms with Crippen molar-refractivity contribution in [1.29, 1.82) is 0 Å². The minimum absolute atomic E-state index is 0.0444. The Hall–Kier alpha value is -1.56. The van der Waals surface area contributed by atoms with E-state index < -0.39 is 0 Å². The van der Waals surface area contributed by atoms with Crippen LogP contribution in [0.3, 0.4) is 0 Å². The molecule has 1 aromatic carbocycles. The lowest BCUT2D eigenvalue weighted by atomic mass is 10.2. The molecular weight excluding hydrogens is 250 g/mol. The van der Waals surface area contributed by atoms with Crippen molar-refractivity contribution in [1.82, 2.24) is 0 Å². The van der Waals surface area contributed by atoms with Gasteiger partial charge >= 0.3 is 0 Å². The Morgan fingerprint density at radius 2 is 2.39 bits per heavy atom. The number of fused-ring (bicyclic) bond motifs is 1. The molecule has 0 bridgehead atoms. The van der Waals surface area contributed by atoms with Crippen LogP contribution >= 0.6 is 11.8 Å². The number of carbonyl (C=O) groups is 1. The number of rotatable bonds is 4. The van der Waals surface area contributed by atoms with E-state index in [0.717, 1.165) is 12.2 Å². The standard InChI is InChI=1S/C12H17N3O2S/c1-7(18-2)5-14-9-4-10-11(3-8(9)13)17-6-12(16)15-10/h3-4,7,14H,5-6,13H2,1-2H3,(H,15,16). The van der Waals surface area contributed by atoms with Crippen LogP contribution in [0.15, 0.2) is 12.1 Å². The highest BCUT2D eigenvalue weighted by Crippen LogP contribution is 2.35. The molecule has 0 spiro atoms. The van der Waals surface area contributed by atoms with Crippen LogP contribution in [0.25, 0.3) is 0 Å². The van der Waals surface area contributed by atoms with Gasteiger partial charge in [0.1, 0.15) is 5.75 Å². The summed E-state index contributed by atoms with van der Waals surface area (Å²) in [6.07, 6.45) is 2.07. The summed E-state index contributed by atoms with van der Waals surface area (Å²) in [6, 6.07) is 3.55. The van der Waals surface area contributed by atoms with Gasteiger partial charge in [0.05, 0.1) is 17.1 Å². The largest absolute Gasteiger partial charge is 0.482 e. The quantitative estimate of drug-likeness (QED) is 0.725. The molecule has 0 radical (unpaired) electrons. The molecule has 0 fully saturated rings. The molecule has 6 heteroatoms. The molecule has 1 amide bonds. The molecule has 5 nitrogen and oxygen atoms in total. The van der Waals surface area contributed by atoms with Crippen molar-refractivity contribution in [3.8, 4) is 5.75 Å². The first-order valence-corrected chi connectivity index (χ1v) is 7.01. The van der Waals surface area contributed by atoms with Crippen molar-refractivity contribution in [3.05, 3.63) is 12.1 Å². The molecule has 1 unspecified atom stereocenters. The number of benzene rings is 1. The first kappa shape index (κ1) is 12.9. The van der Waals surface area contributed by atoms with Crippen LogP contribution in [0, 0.1) is 0 Å². The van der Waals surface area contributed by atoms with Crippen molar-refractivity contribution in [2.24, 2.45) is 0 Å². The van der Waals surface area contributed by atoms with Gasteiger partial charge in [0.2, 0.25) is 0 Å². The third kappa shape index (κ3) is 2.81. The molecule has 1 heterocycles. The van der Waals surface area contributed by atoms with Gasteiger partial charge < -0.3 is 21.1 Å². The summed E-state index contributed by atoms with van der Waals surface area (Å²) < 4.78 is 5.29. The smallest absolute Gasteiger partial charge is 0.262 e. The van der Waals surface area contributed by atoms with E-state index in [9.17, 15) is 4.79 Å². The molecule has 2 rings (SSSR count). The highest BCUT2D eigenvalue weighted by molar-refractivity contribution is 7.99. The number of anilines is 3. The van der Waals surface area contributed by atoms with E-state index in [4.69, 9.17) is 10.5 Å². The highest BCUT2D eigenvalue weighted by atomic mass is 32.2. The number of nitrogens with one attached hydrogen (secondary N) is 2. The maximum atomic E-state index is 11.2. The molecule has 0 aromatic heterocycles. The molecule has 0 saturated carbocycles. The normalized spacial score (nSPS) is 15.3. The number of hydrogen-bond donors (Lipinski definition) is 3. The Morgan fingerprint density at radius 3 is 3.11 bits per heavy atom. The van der Waals surface area contributed by atoms with Gasteiger partial charge in [-0.15, -0.1) is 0 Å². The minimum atomic E-state index is -0.143. The molecule has 98 valence electrons. The fourth-order valence-corrected chi connectivity index (χ4v) is 1.88. The lowest BCUT2D eigenvalue weighted by Gasteiger charge is -2.21. The number of ether oxygens (including phenoxy) is 1. The third-order valence-corrected chi connectivity index (χ3v) is 3.74. The van der Waals surface area contributed by atoms with Crippen molar-refractivity contribution in [2.75, 3.05) is 35.8 Å². The minimum Gasteiger partial charge on any atom is -0.482 e. The molecule has 0 aliphatic carbocycles. The van der Waals surface area contributed by atoms with E-state index >= 15 is 0 Å². The fraction of sp³-hybridized carbons (Fsp3) is 0.417. The average Bonchev–Trinajstić information content (AvgIpc) is 2.36. The van der Waals surface area contributed by atoms with Crippen LogP contribution in [0.5, 0.6) is 5.75 Å². The van der Waals surface area contributed by atoms with Gasteiger partial charge in [0.15, 0.2) is 6.61 Å². The lowest BCUT2D eigenvalue weighted by molar-refractivity contribution is -0.118. The van der Waals surface area contributed by atoms with Crippen LogP contribution in [0.1, 0.15) is 6.92 Å². The Bertz CT molecular complexity index is 465. The molecule has 0 saturated heterocycles. The van der Waals surface area contributed by atoms with E-state index in [-0.39, 0.29) is 12.5 Å². The molecule has 1 aromatic rings. The zero-order valence-electron chi connectivity index (χ0n) is 10.4. The van der Waals surface area contributed by atoms with Crippen LogP contribution in [0.4, 0.5) is 17.1 Å². The van der Waals surface area contributed by atoms with Gasteiger partial charge in [-0.3, -0.25) is 4.79 Å². The Balaban J connectivity index is 2.16. The summed E-state index contributed by atoms with van der Waals surface area (Å²) in [5.74, 6) is 0.478. The third-order valence-electron chi connectivity index (χ3n) is 2.77. The van der Waals surface area contributed by atoms with Crippen molar-refractivity contribution < 1.29 is 9.53 Å². The first-order chi connectivity index (χ1) is 8.60. The average molecular weight is 267 g/mol. The molecule has 1 atom stereocenters. The molecular formula is C12H17N3O2S. The van der Waals surface area contributed by atoms with Crippen LogP contribution in [0.2, 0.25) is 0 Å². The lowest BCUT2D eigenvalue weighted by Crippen LogP contribution is -2.25. The van der Waals surface area contributed by atoms with Crippen molar-refractivity contribution in [3.63, 3.8) is 0 Å². The van der Waals surface area contributed by atoms with Gasteiger partial charge in [-0.25, -0.2) is 0 Å². The van der Waals surface area contributed by atoms with Crippen LogP contribution in [-0.2, 0) is 4.79 Å². The first-order valence-electron chi connectivity index (χ1n) is 5.73. The van der Waals surface area contributed by atoms with E-state index in [2.05, 4.69) is 23.8 Å². The summed E-state index contributed by atoms with van der Waals surface area (Å²) in [4.78, 5) is 11.2. The Kier molecular flexibility index (Phi) is 3.86. The maximum Gasteiger partial charge on any atom is 0.262 e. The molecule has 4 N–H and O–H groups in total. The molecule has 18 heavy (non-hydrogen) atoms. The van der Waals surface area contributed by atoms with Gasteiger partial charge in [-0.05, 0) is 12.3 Å². The summed E-state index contributed by atoms with van der Waals surface area (Å²) in [5, 5.41) is 6.53. The van der Waals surface area contributed by atoms with Crippen molar-refractivity contribution >= 4 is 34.7 Å². The van der Waals surface area contributed by atoms with Crippen molar-refractivity contribution in [2.45, 2.75) is 12.2 Å². The monoisotopic (exact) mass is 267 g/mol. The second kappa shape index (κ2) is 5.39. The van der Waals surface area contributed by atoms with Crippen LogP contribution < -0.4 is 21.1 Å². The zero-order chi connectivity index (χ0) is 13.1. The number of thioether (sulfide) groups is 1. The topological polar surface area (TPSA) is 76.4 Å². The van der Waals surface area contributed by atoms with Gasteiger partial charge in [0.25, 0.3) is 5.91 Å². The van der Waals surface area contributed by atoms with E-state index in [1.807, 2.05) is 6.07 Å². The van der Waals surface area contributed by atoms with E-state index in [1.165, 1.54) is 0 Å². The molecule has 1 aliphatic rings. The van der Waals surface area contributed by atoms with Gasteiger partial charge in [-0.2, -0.15) is 11.8 Å². The molecule has 1 aliphatic heterocycles. The summed E-state index contributed by atoms with van der Waals surface area (Å²) in [6.45, 7) is 3.00. The summed E-state index contributed by atoms with van der Waals surface area (Å²) in [7, 11) is 0. The number of carbonyl (C=O) groups excluding carboxylic acids is 1. The highest BCUT2D eigenvalue weighted by Gasteiger charge is 2.17. The number of hydrogen-bond acceptors (Lipinski definition) is 5. The number of amides is 1. The second-order valence-electron chi connectivity index (χ2n) is 4.20. The van der Waals surface area contributed by atoms with E-state index in [1.54, 1.807) is 17.8 Å². The number of nitrogen functional groups attached to an aromatic ring is 1. The fourth-order valence-electron chi connectivity index (χ4n) is 1.63. The Morgan fingerprint density at radius 1 is 1.61 bits per heavy atom. The van der Waals surface area contributed by atoms with Gasteiger partial charge in [-0.1, -0.05) is 6.92 Å². The second-order valence-corrected chi connectivity index (χ2v) is 5.48.